The monoisotopic (exact) mass is 236 g/mol. The minimum Gasteiger partial charge on any atom is -0.351 e. The highest BCUT2D eigenvalue weighted by molar-refractivity contribution is 5.95. The number of rotatable bonds is 5. The second-order valence-electron chi connectivity index (χ2n) is 4.44. The van der Waals surface area contributed by atoms with Gasteiger partial charge in [0.05, 0.1) is 0 Å². The van der Waals surface area contributed by atoms with Gasteiger partial charge in [-0.15, -0.1) is 0 Å². The number of amides is 1. The zero-order valence-corrected chi connectivity index (χ0v) is 9.92. The summed E-state index contributed by atoms with van der Waals surface area (Å²) in [4.78, 5) is 11.8. The number of carbonyl (C=O) groups excluding carboxylic acids is 1. The number of aryl methyl sites for hydroxylation is 1. The van der Waals surface area contributed by atoms with Crippen LogP contribution in [0.5, 0.6) is 0 Å². The van der Waals surface area contributed by atoms with Crippen molar-refractivity contribution in [1.29, 1.82) is 0 Å². The molecule has 3 nitrogen and oxygen atoms in total. The molecule has 4 heteroatoms. The standard InChI is InChI=1S/C13H17FN2O/c1-9-8-10(14)2-5-12(9)13(17)16-7-6-15-11-3-4-11/h2,5,8,11,15H,3-4,6-7H2,1H3,(H,16,17). The SMILES string of the molecule is Cc1cc(F)ccc1C(=O)NCCNC1CC1. The van der Waals surface area contributed by atoms with E-state index < -0.39 is 0 Å². The maximum atomic E-state index is 12.9. The summed E-state index contributed by atoms with van der Waals surface area (Å²) in [5.74, 6) is -0.449. The summed E-state index contributed by atoms with van der Waals surface area (Å²) in [6.07, 6.45) is 2.48. The second-order valence-corrected chi connectivity index (χ2v) is 4.44. The first-order valence-corrected chi connectivity index (χ1v) is 5.94. The topological polar surface area (TPSA) is 41.1 Å². The summed E-state index contributed by atoms with van der Waals surface area (Å²) in [6, 6.07) is 4.86. The fourth-order valence-corrected chi connectivity index (χ4v) is 1.72. The Morgan fingerprint density at radius 3 is 2.82 bits per heavy atom. The number of carbonyl (C=O) groups is 1. The molecule has 1 aliphatic carbocycles. The average molecular weight is 236 g/mol. The van der Waals surface area contributed by atoms with E-state index >= 15 is 0 Å². The van der Waals surface area contributed by atoms with Crippen LogP contribution < -0.4 is 10.6 Å². The van der Waals surface area contributed by atoms with Crippen LogP contribution in [0.4, 0.5) is 4.39 Å². The molecule has 0 unspecified atom stereocenters. The molecule has 0 aromatic heterocycles. The van der Waals surface area contributed by atoms with Crippen molar-refractivity contribution in [3.8, 4) is 0 Å². The van der Waals surface area contributed by atoms with E-state index in [1.807, 2.05) is 0 Å². The Morgan fingerprint density at radius 2 is 2.18 bits per heavy atom. The van der Waals surface area contributed by atoms with E-state index in [1.54, 1.807) is 6.92 Å². The number of hydrogen-bond acceptors (Lipinski definition) is 2. The smallest absolute Gasteiger partial charge is 0.251 e. The van der Waals surface area contributed by atoms with Gasteiger partial charge < -0.3 is 10.6 Å². The molecule has 2 rings (SSSR count). The highest BCUT2D eigenvalue weighted by Gasteiger charge is 2.19. The summed E-state index contributed by atoms with van der Waals surface area (Å²) in [5, 5.41) is 6.13. The second kappa shape index (κ2) is 5.27. The van der Waals surface area contributed by atoms with Gasteiger partial charge >= 0.3 is 0 Å². The van der Waals surface area contributed by atoms with Crippen molar-refractivity contribution in [2.24, 2.45) is 0 Å². The van der Waals surface area contributed by atoms with Crippen molar-refractivity contribution in [1.82, 2.24) is 10.6 Å². The first kappa shape index (κ1) is 12.0. The fourth-order valence-electron chi connectivity index (χ4n) is 1.72. The molecule has 1 saturated carbocycles. The van der Waals surface area contributed by atoms with Crippen LogP contribution in [0.1, 0.15) is 28.8 Å². The summed E-state index contributed by atoms with van der Waals surface area (Å²) >= 11 is 0. The molecule has 0 spiro atoms. The van der Waals surface area contributed by atoms with Crippen LogP contribution in [0.15, 0.2) is 18.2 Å². The van der Waals surface area contributed by atoms with Crippen molar-refractivity contribution in [2.75, 3.05) is 13.1 Å². The van der Waals surface area contributed by atoms with Gasteiger partial charge in [0.2, 0.25) is 0 Å². The van der Waals surface area contributed by atoms with Crippen LogP contribution >= 0.6 is 0 Å². The first-order valence-electron chi connectivity index (χ1n) is 5.94. The third-order valence-corrected chi connectivity index (χ3v) is 2.85. The molecule has 1 aliphatic rings. The van der Waals surface area contributed by atoms with Gasteiger partial charge in [0, 0.05) is 24.7 Å². The van der Waals surface area contributed by atoms with E-state index in [1.165, 1.54) is 31.0 Å². The summed E-state index contributed by atoms with van der Waals surface area (Å²) in [5.41, 5.74) is 1.20. The molecule has 1 amide bonds. The van der Waals surface area contributed by atoms with Crippen LogP contribution in [0.3, 0.4) is 0 Å². The molecule has 92 valence electrons. The van der Waals surface area contributed by atoms with E-state index in [2.05, 4.69) is 10.6 Å². The van der Waals surface area contributed by atoms with Crippen LogP contribution in [-0.4, -0.2) is 25.0 Å². The van der Waals surface area contributed by atoms with E-state index in [0.717, 1.165) is 6.54 Å². The van der Waals surface area contributed by atoms with Gasteiger partial charge in [-0.25, -0.2) is 4.39 Å². The number of benzene rings is 1. The molecule has 0 bridgehead atoms. The van der Waals surface area contributed by atoms with Gasteiger partial charge in [0.1, 0.15) is 5.82 Å². The predicted octanol–water partition coefficient (Wildman–Crippen LogP) is 1.62. The molecular formula is C13H17FN2O. The number of hydrogen-bond donors (Lipinski definition) is 2. The van der Waals surface area contributed by atoms with Crippen LogP contribution in [0.25, 0.3) is 0 Å². The summed E-state index contributed by atoms with van der Waals surface area (Å²) in [6.45, 7) is 3.13. The Hall–Kier alpha value is -1.42. The third kappa shape index (κ3) is 3.53. The summed E-state index contributed by atoms with van der Waals surface area (Å²) in [7, 11) is 0. The molecule has 0 aliphatic heterocycles. The van der Waals surface area contributed by atoms with Crippen molar-refractivity contribution in [3.05, 3.63) is 35.1 Å². The van der Waals surface area contributed by atoms with Crippen molar-refractivity contribution < 1.29 is 9.18 Å². The molecule has 17 heavy (non-hydrogen) atoms. The molecule has 0 heterocycles. The number of halogens is 1. The highest BCUT2D eigenvalue weighted by atomic mass is 19.1. The van der Waals surface area contributed by atoms with Crippen LogP contribution in [-0.2, 0) is 0 Å². The maximum Gasteiger partial charge on any atom is 0.251 e. The predicted molar refractivity (Wildman–Crippen MR) is 64.5 cm³/mol. The summed E-state index contributed by atoms with van der Waals surface area (Å²) < 4.78 is 12.9. The van der Waals surface area contributed by atoms with Crippen LogP contribution in [0.2, 0.25) is 0 Å². The maximum absolute atomic E-state index is 12.9. The zero-order valence-electron chi connectivity index (χ0n) is 9.92. The van der Waals surface area contributed by atoms with Crippen LogP contribution in [0, 0.1) is 12.7 Å². The molecule has 0 atom stereocenters. The molecule has 1 aromatic carbocycles. The van der Waals surface area contributed by atoms with E-state index in [4.69, 9.17) is 0 Å². The van der Waals surface area contributed by atoms with Gasteiger partial charge in [-0.3, -0.25) is 4.79 Å². The molecule has 0 radical (unpaired) electrons. The third-order valence-electron chi connectivity index (χ3n) is 2.85. The lowest BCUT2D eigenvalue weighted by molar-refractivity contribution is 0.0953. The highest BCUT2D eigenvalue weighted by Crippen LogP contribution is 2.17. The lowest BCUT2D eigenvalue weighted by Crippen LogP contribution is -2.32. The Kier molecular flexibility index (Phi) is 3.74. The van der Waals surface area contributed by atoms with Gasteiger partial charge in [-0.05, 0) is 43.5 Å². The molecule has 1 aromatic rings. The van der Waals surface area contributed by atoms with Crippen molar-refractivity contribution in [3.63, 3.8) is 0 Å². The minimum atomic E-state index is -0.311. The van der Waals surface area contributed by atoms with E-state index in [0.29, 0.717) is 23.7 Å². The molecule has 0 saturated heterocycles. The molecule has 1 fully saturated rings. The normalized spacial score (nSPS) is 14.7. The minimum absolute atomic E-state index is 0.139. The fraction of sp³-hybridized carbons (Fsp3) is 0.462. The first-order chi connectivity index (χ1) is 8.16. The Balaban J connectivity index is 1.81. The van der Waals surface area contributed by atoms with Gasteiger partial charge in [0.25, 0.3) is 5.91 Å². The van der Waals surface area contributed by atoms with E-state index in [-0.39, 0.29) is 11.7 Å². The quantitative estimate of drug-likeness (QED) is 0.763. The van der Waals surface area contributed by atoms with Crippen molar-refractivity contribution in [2.45, 2.75) is 25.8 Å². The van der Waals surface area contributed by atoms with Gasteiger partial charge in [0.15, 0.2) is 0 Å². The Bertz CT molecular complexity index is 416. The zero-order chi connectivity index (χ0) is 12.3. The van der Waals surface area contributed by atoms with Gasteiger partial charge in [-0.2, -0.15) is 0 Å². The molecule has 2 N–H and O–H groups in total. The average Bonchev–Trinajstić information content (AvgIpc) is 3.08. The van der Waals surface area contributed by atoms with Gasteiger partial charge in [-0.1, -0.05) is 0 Å². The Labute approximate surface area is 100 Å². The largest absolute Gasteiger partial charge is 0.351 e. The lowest BCUT2D eigenvalue weighted by atomic mass is 10.1. The molecular weight excluding hydrogens is 219 g/mol. The number of nitrogens with one attached hydrogen (secondary N) is 2. The van der Waals surface area contributed by atoms with Crippen molar-refractivity contribution >= 4 is 5.91 Å². The Morgan fingerprint density at radius 1 is 1.41 bits per heavy atom. The van der Waals surface area contributed by atoms with E-state index in [9.17, 15) is 9.18 Å². The lowest BCUT2D eigenvalue weighted by Gasteiger charge is -2.08.